The highest BCUT2D eigenvalue weighted by Crippen LogP contribution is 2.22. The number of carbonyl (C=O) groups excluding carboxylic acids is 1. The monoisotopic (exact) mass is 420 g/mol. The quantitative estimate of drug-likeness (QED) is 0.636. The third-order valence-electron chi connectivity index (χ3n) is 4.55. The predicted molar refractivity (Wildman–Crippen MR) is 111 cm³/mol. The lowest BCUT2D eigenvalue weighted by Crippen LogP contribution is -2.22. The average molecular weight is 421 g/mol. The zero-order chi connectivity index (χ0) is 20.5. The fraction of sp³-hybridized carbons (Fsp3) is 0.368. The summed E-state index contributed by atoms with van der Waals surface area (Å²) in [5.41, 5.74) is 1.44. The maximum Gasteiger partial charge on any atom is 0.242 e. The molecule has 2 aromatic heterocycles. The number of imidazole rings is 1. The molecular weight excluding hydrogens is 396 g/mol. The Labute approximate surface area is 169 Å². The van der Waals surface area contributed by atoms with Crippen LogP contribution in [-0.4, -0.2) is 42.3 Å². The molecule has 0 unspecified atom stereocenters. The number of carbonyl (C=O) groups is 1. The molecule has 0 fully saturated rings. The van der Waals surface area contributed by atoms with Gasteiger partial charge in [0.1, 0.15) is 5.82 Å². The van der Waals surface area contributed by atoms with Crippen LogP contribution in [0.5, 0.6) is 0 Å². The number of nitrogens with one attached hydrogen (secondary N) is 1. The second-order valence-corrected chi connectivity index (χ2v) is 10.3. The van der Waals surface area contributed by atoms with Gasteiger partial charge in [0.15, 0.2) is 0 Å². The molecule has 1 aromatic carbocycles. The smallest absolute Gasteiger partial charge is 0.242 e. The summed E-state index contributed by atoms with van der Waals surface area (Å²) in [5.74, 6) is 0.713. The molecule has 150 valence electrons. The van der Waals surface area contributed by atoms with Gasteiger partial charge in [-0.05, 0) is 37.3 Å². The molecule has 9 heteroatoms. The van der Waals surface area contributed by atoms with Crippen LogP contribution in [0.3, 0.4) is 0 Å². The summed E-state index contributed by atoms with van der Waals surface area (Å²) in [5, 5.41) is 2.93. The fourth-order valence-electron chi connectivity index (χ4n) is 2.90. The molecule has 0 aliphatic rings. The number of benzene rings is 1. The molecule has 7 nitrogen and oxygen atoms in total. The van der Waals surface area contributed by atoms with Gasteiger partial charge < -0.3 is 9.88 Å². The van der Waals surface area contributed by atoms with E-state index in [2.05, 4.69) is 10.3 Å². The van der Waals surface area contributed by atoms with Gasteiger partial charge in [-0.2, -0.15) is 0 Å². The molecule has 0 aliphatic carbocycles. The first-order chi connectivity index (χ1) is 13.2. The number of hydrogen-bond donors (Lipinski definition) is 1. The Morgan fingerprint density at radius 2 is 2.00 bits per heavy atom. The van der Waals surface area contributed by atoms with Crippen molar-refractivity contribution in [2.75, 3.05) is 14.1 Å². The van der Waals surface area contributed by atoms with Gasteiger partial charge in [0.25, 0.3) is 0 Å². The summed E-state index contributed by atoms with van der Waals surface area (Å²) in [7, 11) is 1.36. The summed E-state index contributed by atoms with van der Waals surface area (Å²) in [6.45, 7) is 2.57. The Hall–Kier alpha value is -2.23. The van der Waals surface area contributed by atoms with Gasteiger partial charge in [-0.15, -0.1) is 11.3 Å². The minimum atomic E-state index is -3.51. The van der Waals surface area contributed by atoms with Gasteiger partial charge in [0.05, 0.1) is 22.5 Å². The van der Waals surface area contributed by atoms with Crippen LogP contribution in [-0.2, 0) is 34.8 Å². The third-order valence-corrected chi connectivity index (χ3v) is 7.37. The second-order valence-electron chi connectivity index (χ2n) is 6.81. The van der Waals surface area contributed by atoms with Gasteiger partial charge in [0, 0.05) is 43.7 Å². The number of thiophene rings is 1. The Kier molecular flexibility index (Phi) is 5.87. The molecule has 28 heavy (non-hydrogen) atoms. The summed E-state index contributed by atoms with van der Waals surface area (Å²) in [6, 6.07) is 8.97. The van der Waals surface area contributed by atoms with Crippen LogP contribution < -0.4 is 5.32 Å². The largest absolute Gasteiger partial charge is 0.351 e. The summed E-state index contributed by atoms with van der Waals surface area (Å²) < 4.78 is 27.7. The maximum atomic E-state index is 12.3. The van der Waals surface area contributed by atoms with E-state index in [9.17, 15) is 13.2 Å². The van der Waals surface area contributed by atoms with Crippen molar-refractivity contribution in [3.63, 3.8) is 0 Å². The highest BCUT2D eigenvalue weighted by molar-refractivity contribution is 7.89. The summed E-state index contributed by atoms with van der Waals surface area (Å²) in [4.78, 5) is 19.3. The van der Waals surface area contributed by atoms with Gasteiger partial charge in [-0.25, -0.2) is 17.7 Å². The molecule has 0 bridgehead atoms. The maximum absolute atomic E-state index is 12.3. The lowest BCUT2D eigenvalue weighted by Gasteiger charge is -2.10. The standard InChI is InChI=1S/C19H24N4O3S2/c1-13-5-6-14(27-13)12-20-19(24)10-9-18-21-16-11-15(28(25,26)22(2)3)7-8-17(16)23(18)4/h5-8,11H,9-10,12H2,1-4H3,(H,20,24). The van der Waals surface area contributed by atoms with Gasteiger partial charge in [-0.1, -0.05) is 0 Å². The van der Waals surface area contributed by atoms with Crippen LogP contribution in [0.25, 0.3) is 11.0 Å². The molecule has 3 aromatic rings. The molecule has 1 N–H and O–H groups in total. The molecule has 0 spiro atoms. The van der Waals surface area contributed by atoms with Crippen molar-refractivity contribution in [2.24, 2.45) is 7.05 Å². The Morgan fingerprint density at radius 3 is 2.64 bits per heavy atom. The number of nitrogens with zero attached hydrogens (tertiary/aromatic N) is 3. The third kappa shape index (κ3) is 4.26. The van der Waals surface area contributed by atoms with Crippen LogP contribution in [0.15, 0.2) is 35.2 Å². The molecule has 3 rings (SSSR count). The topological polar surface area (TPSA) is 84.3 Å². The first-order valence-corrected chi connectivity index (χ1v) is 11.1. The van der Waals surface area contributed by atoms with Gasteiger partial charge in [-0.3, -0.25) is 4.79 Å². The number of fused-ring (bicyclic) bond motifs is 1. The summed E-state index contributed by atoms with van der Waals surface area (Å²) in [6.07, 6.45) is 0.806. The van der Waals surface area contributed by atoms with Crippen molar-refractivity contribution >= 4 is 38.3 Å². The van der Waals surface area contributed by atoms with Crippen molar-refractivity contribution in [2.45, 2.75) is 31.2 Å². The van der Waals surface area contributed by atoms with Crippen LogP contribution in [0.4, 0.5) is 0 Å². The predicted octanol–water partition coefficient (Wildman–Crippen LogP) is 2.44. The van der Waals surface area contributed by atoms with Crippen LogP contribution >= 0.6 is 11.3 Å². The van der Waals surface area contributed by atoms with E-state index >= 15 is 0 Å². The Bertz CT molecular complexity index is 1110. The lowest BCUT2D eigenvalue weighted by atomic mass is 10.3. The SMILES string of the molecule is Cc1ccc(CNC(=O)CCc2nc3cc(S(=O)(=O)N(C)C)ccc3n2C)s1. The van der Waals surface area contributed by atoms with Crippen molar-refractivity contribution in [3.8, 4) is 0 Å². The molecule has 0 saturated heterocycles. The first-order valence-electron chi connectivity index (χ1n) is 8.88. The van der Waals surface area contributed by atoms with E-state index < -0.39 is 10.0 Å². The van der Waals surface area contributed by atoms with Crippen molar-refractivity contribution in [1.82, 2.24) is 19.2 Å². The van der Waals surface area contributed by atoms with Crippen molar-refractivity contribution in [1.29, 1.82) is 0 Å². The minimum Gasteiger partial charge on any atom is -0.351 e. The van der Waals surface area contributed by atoms with E-state index in [0.717, 1.165) is 16.2 Å². The number of hydrogen-bond acceptors (Lipinski definition) is 5. The number of aromatic nitrogens is 2. The van der Waals surface area contributed by atoms with Crippen molar-refractivity contribution in [3.05, 3.63) is 45.9 Å². The number of aryl methyl sites for hydroxylation is 3. The molecule has 0 aliphatic heterocycles. The molecule has 0 atom stereocenters. The van der Waals surface area contributed by atoms with E-state index in [1.807, 2.05) is 30.7 Å². The lowest BCUT2D eigenvalue weighted by molar-refractivity contribution is -0.121. The normalized spacial score (nSPS) is 12.0. The first kappa shape index (κ1) is 20.5. The van der Waals surface area contributed by atoms with Crippen LogP contribution in [0.1, 0.15) is 22.0 Å². The van der Waals surface area contributed by atoms with E-state index in [-0.39, 0.29) is 10.8 Å². The Balaban J connectivity index is 1.69. The second kappa shape index (κ2) is 8.02. The van der Waals surface area contributed by atoms with Crippen LogP contribution in [0, 0.1) is 6.92 Å². The zero-order valence-corrected chi connectivity index (χ0v) is 18.0. The number of amides is 1. The van der Waals surface area contributed by atoms with E-state index in [1.54, 1.807) is 29.5 Å². The highest BCUT2D eigenvalue weighted by atomic mass is 32.2. The van der Waals surface area contributed by atoms with E-state index in [4.69, 9.17) is 0 Å². The fourth-order valence-corrected chi connectivity index (χ4v) is 4.66. The molecule has 0 radical (unpaired) electrons. The molecule has 0 saturated carbocycles. The average Bonchev–Trinajstić information content (AvgIpc) is 3.21. The molecular formula is C19H24N4O3S2. The van der Waals surface area contributed by atoms with Crippen LogP contribution in [0.2, 0.25) is 0 Å². The van der Waals surface area contributed by atoms with Gasteiger partial charge >= 0.3 is 0 Å². The number of rotatable bonds is 7. The highest BCUT2D eigenvalue weighted by Gasteiger charge is 2.19. The molecule has 2 heterocycles. The molecule has 1 amide bonds. The Morgan fingerprint density at radius 1 is 1.25 bits per heavy atom. The van der Waals surface area contributed by atoms with Crippen molar-refractivity contribution < 1.29 is 13.2 Å². The zero-order valence-electron chi connectivity index (χ0n) is 16.4. The minimum absolute atomic E-state index is 0.0333. The van der Waals surface area contributed by atoms with E-state index in [1.165, 1.54) is 23.3 Å². The summed E-state index contributed by atoms with van der Waals surface area (Å²) >= 11 is 1.67. The van der Waals surface area contributed by atoms with E-state index in [0.29, 0.717) is 24.9 Å². The number of sulfonamides is 1. The van der Waals surface area contributed by atoms with Gasteiger partial charge in [0.2, 0.25) is 15.9 Å².